The number of hydrogen-bond acceptors (Lipinski definition) is 4. The van der Waals surface area contributed by atoms with Crippen LogP contribution in [0.1, 0.15) is 21.6 Å². The molecule has 0 aliphatic heterocycles. The summed E-state index contributed by atoms with van der Waals surface area (Å²) in [7, 11) is 1.52. The molecule has 3 aromatic rings. The van der Waals surface area contributed by atoms with Gasteiger partial charge in [0.1, 0.15) is 5.75 Å². The molecule has 1 aromatic carbocycles. The molecule has 5 nitrogen and oxygen atoms in total. The van der Waals surface area contributed by atoms with Crippen molar-refractivity contribution in [1.29, 1.82) is 0 Å². The highest BCUT2D eigenvalue weighted by Crippen LogP contribution is 2.29. The molecule has 0 saturated carbocycles. The summed E-state index contributed by atoms with van der Waals surface area (Å²) in [6, 6.07) is 10.7. The van der Waals surface area contributed by atoms with E-state index >= 15 is 0 Å². The van der Waals surface area contributed by atoms with Crippen LogP contribution in [0.5, 0.6) is 5.75 Å². The van der Waals surface area contributed by atoms with Crippen LogP contribution in [0.25, 0.3) is 5.52 Å². The van der Waals surface area contributed by atoms with Gasteiger partial charge in [-0.25, -0.2) is 0 Å². The molecular formula is C17H17N3O2. The van der Waals surface area contributed by atoms with E-state index in [4.69, 9.17) is 16.2 Å². The fourth-order valence-electron chi connectivity index (χ4n) is 2.63. The number of nitrogens with two attached hydrogens (primary N) is 2. The number of benzene rings is 1. The molecule has 3 rings (SSSR count). The molecule has 0 bridgehead atoms. The Morgan fingerprint density at radius 3 is 2.68 bits per heavy atom. The third kappa shape index (κ3) is 1.98. The number of rotatable bonds is 3. The third-order valence-corrected chi connectivity index (χ3v) is 3.85. The van der Waals surface area contributed by atoms with E-state index in [2.05, 4.69) is 0 Å². The highest BCUT2D eigenvalue weighted by molar-refractivity contribution is 6.11. The van der Waals surface area contributed by atoms with Crippen LogP contribution in [-0.2, 0) is 0 Å². The van der Waals surface area contributed by atoms with Gasteiger partial charge in [0.05, 0.1) is 29.7 Å². The van der Waals surface area contributed by atoms with Gasteiger partial charge in [0, 0.05) is 17.3 Å². The van der Waals surface area contributed by atoms with E-state index in [1.54, 1.807) is 18.2 Å². The first kappa shape index (κ1) is 14.0. The average Bonchev–Trinajstić information content (AvgIpc) is 2.79. The number of carbonyl (C=O) groups excluding carboxylic acids is 1. The van der Waals surface area contributed by atoms with Gasteiger partial charge in [0.15, 0.2) is 0 Å². The van der Waals surface area contributed by atoms with Crippen LogP contribution in [0.3, 0.4) is 0 Å². The predicted octanol–water partition coefficient (Wildman–Crippen LogP) is 2.65. The van der Waals surface area contributed by atoms with Gasteiger partial charge in [-0.2, -0.15) is 0 Å². The van der Waals surface area contributed by atoms with E-state index < -0.39 is 0 Å². The van der Waals surface area contributed by atoms with E-state index in [9.17, 15) is 4.79 Å². The zero-order chi connectivity index (χ0) is 15.9. The van der Waals surface area contributed by atoms with Crippen LogP contribution in [0, 0.1) is 6.92 Å². The number of carbonyl (C=O) groups is 1. The number of aromatic nitrogens is 1. The quantitative estimate of drug-likeness (QED) is 0.575. The van der Waals surface area contributed by atoms with E-state index in [0.717, 1.165) is 11.1 Å². The average molecular weight is 295 g/mol. The van der Waals surface area contributed by atoms with Gasteiger partial charge in [0.2, 0.25) is 5.78 Å². The van der Waals surface area contributed by atoms with Gasteiger partial charge < -0.3 is 20.6 Å². The molecule has 0 fully saturated rings. The Morgan fingerprint density at radius 2 is 1.95 bits per heavy atom. The Balaban J connectivity index is 2.19. The molecule has 0 aliphatic rings. The number of nitrogen functional groups attached to an aromatic ring is 2. The molecule has 0 radical (unpaired) electrons. The maximum Gasteiger partial charge on any atom is 0.210 e. The predicted molar refractivity (Wildman–Crippen MR) is 87.4 cm³/mol. The van der Waals surface area contributed by atoms with Crippen molar-refractivity contribution in [3.05, 3.63) is 59.4 Å². The summed E-state index contributed by atoms with van der Waals surface area (Å²) in [6.45, 7) is 1.85. The molecule has 112 valence electrons. The number of fused-ring (bicyclic) bond motifs is 1. The van der Waals surface area contributed by atoms with Crippen molar-refractivity contribution in [3.63, 3.8) is 0 Å². The molecule has 2 aromatic heterocycles. The van der Waals surface area contributed by atoms with Crippen molar-refractivity contribution in [2.75, 3.05) is 18.6 Å². The highest BCUT2D eigenvalue weighted by atomic mass is 16.5. The molecule has 0 saturated heterocycles. The Morgan fingerprint density at radius 1 is 1.18 bits per heavy atom. The number of pyridine rings is 1. The summed E-state index contributed by atoms with van der Waals surface area (Å²) in [5.74, 6) is 0.367. The van der Waals surface area contributed by atoms with Crippen LogP contribution in [0.15, 0.2) is 42.6 Å². The first-order valence-corrected chi connectivity index (χ1v) is 6.88. The summed E-state index contributed by atoms with van der Waals surface area (Å²) in [5, 5.41) is 0. The second-order valence-electron chi connectivity index (χ2n) is 5.13. The molecule has 0 atom stereocenters. The van der Waals surface area contributed by atoms with Crippen molar-refractivity contribution in [2.45, 2.75) is 6.92 Å². The summed E-state index contributed by atoms with van der Waals surface area (Å²) in [5.41, 5.74) is 15.7. The first-order valence-electron chi connectivity index (χ1n) is 6.88. The van der Waals surface area contributed by atoms with Crippen molar-refractivity contribution in [3.8, 4) is 5.75 Å². The van der Waals surface area contributed by atoms with E-state index in [1.165, 1.54) is 7.11 Å². The van der Waals surface area contributed by atoms with Crippen LogP contribution >= 0.6 is 0 Å². The lowest BCUT2D eigenvalue weighted by atomic mass is 10.0. The standard InChI is InChI=1S/C17H17N3O2/c1-10-15(19)13-5-3-4-8-20(13)16(10)17(21)11-6-7-12(18)14(9-11)22-2/h3-9H,18-19H2,1-2H3. The molecule has 2 heterocycles. The minimum Gasteiger partial charge on any atom is -0.495 e. The fourth-order valence-corrected chi connectivity index (χ4v) is 2.63. The molecule has 22 heavy (non-hydrogen) atoms. The Bertz CT molecular complexity index is 881. The van der Waals surface area contributed by atoms with Gasteiger partial charge in [-0.3, -0.25) is 4.79 Å². The zero-order valence-electron chi connectivity index (χ0n) is 12.5. The number of anilines is 2. The normalized spacial score (nSPS) is 10.8. The van der Waals surface area contributed by atoms with Crippen LogP contribution in [0.2, 0.25) is 0 Å². The third-order valence-electron chi connectivity index (χ3n) is 3.85. The van der Waals surface area contributed by atoms with Crippen molar-refractivity contribution >= 4 is 22.7 Å². The monoisotopic (exact) mass is 295 g/mol. The van der Waals surface area contributed by atoms with Gasteiger partial charge in [-0.05, 0) is 37.3 Å². The maximum atomic E-state index is 12.9. The largest absolute Gasteiger partial charge is 0.495 e. The minimum atomic E-state index is -0.117. The second-order valence-corrected chi connectivity index (χ2v) is 5.13. The smallest absolute Gasteiger partial charge is 0.210 e. The lowest BCUT2D eigenvalue weighted by Gasteiger charge is -2.08. The number of ketones is 1. The van der Waals surface area contributed by atoms with E-state index in [1.807, 2.05) is 35.7 Å². The van der Waals surface area contributed by atoms with Crippen LogP contribution < -0.4 is 16.2 Å². The number of methoxy groups -OCH3 is 1. The van der Waals surface area contributed by atoms with Crippen LogP contribution in [0.4, 0.5) is 11.4 Å². The molecule has 0 spiro atoms. The summed E-state index contributed by atoms with van der Waals surface area (Å²) in [6.07, 6.45) is 1.83. The van der Waals surface area contributed by atoms with E-state index in [0.29, 0.717) is 28.4 Å². The Kier molecular flexibility index (Phi) is 3.25. The minimum absolute atomic E-state index is 0.117. The highest BCUT2D eigenvalue weighted by Gasteiger charge is 2.20. The summed E-state index contributed by atoms with van der Waals surface area (Å²) >= 11 is 0. The summed E-state index contributed by atoms with van der Waals surface area (Å²) < 4.78 is 7.00. The maximum absolute atomic E-state index is 12.9. The molecule has 0 amide bonds. The number of ether oxygens (including phenoxy) is 1. The topological polar surface area (TPSA) is 82.8 Å². The first-order chi connectivity index (χ1) is 10.5. The van der Waals surface area contributed by atoms with Gasteiger partial charge in [0.25, 0.3) is 0 Å². The lowest BCUT2D eigenvalue weighted by molar-refractivity contribution is 0.103. The van der Waals surface area contributed by atoms with Gasteiger partial charge in [-0.1, -0.05) is 6.07 Å². The van der Waals surface area contributed by atoms with Crippen LogP contribution in [-0.4, -0.2) is 17.3 Å². The van der Waals surface area contributed by atoms with Crippen molar-refractivity contribution in [1.82, 2.24) is 4.40 Å². The summed E-state index contributed by atoms with van der Waals surface area (Å²) in [4.78, 5) is 12.9. The van der Waals surface area contributed by atoms with Crippen molar-refractivity contribution in [2.24, 2.45) is 0 Å². The SMILES string of the molecule is COc1cc(C(=O)c2c(C)c(N)c3ccccn23)ccc1N. The lowest BCUT2D eigenvalue weighted by Crippen LogP contribution is -2.07. The molecule has 5 heteroatoms. The van der Waals surface area contributed by atoms with Crippen molar-refractivity contribution < 1.29 is 9.53 Å². The van der Waals surface area contributed by atoms with Gasteiger partial charge in [-0.15, -0.1) is 0 Å². The molecule has 0 unspecified atom stereocenters. The number of nitrogens with zero attached hydrogens (tertiary/aromatic N) is 1. The molecule has 4 N–H and O–H groups in total. The second kappa shape index (κ2) is 5.11. The Hall–Kier alpha value is -2.95. The number of hydrogen-bond donors (Lipinski definition) is 2. The Labute approximate surface area is 128 Å². The van der Waals surface area contributed by atoms with Gasteiger partial charge >= 0.3 is 0 Å². The fraction of sp³-hybridized carbons (Fsp3) is 0.118. The molecule has 0 aliphatic carbocycles. The molecular weight excluding hydrogens is 278 g/mol. The van der Waals surface area contributed by atoms with E-state index in [-0.39, 0.29) is 5.78 Å². The zero-order valence-corrected chi connectivity index (χ0v) is 12.5.